The van der Waals surface area contributed by atoms with Gasteiger partial charge in [-0.1, -0.05) is 18.2 Å². The van der Waals surface area contributed by atoms with Crippen LogP contribution in [0.2, 0.25) is 0 Å². The van der Waals surface area contributed by atoms with Crippen LogP contribution in [0, 0.1) is 0 Å². The Hall–Kier alpha value is -2.56. The molecule has 0 bridgehead atoms. The number of nitrogens with one attached hydrogen (secondary N) is 2. The van der Waals surface area contributed by atoms with Crippen molar-refractivity contribution in [1.29, 1.82) is 0 Å². The number of carbonyl (C=O) groups is 1. The molecular formula is C15H17N3O2. The fraction of sp³-hybridized carbons (Fsp3) is 0.200. The molecule has 0 saturated heterocycles. The van der Waals surface area contributed by atoms with E-state index < -0.39 is 0 Å². The summed E-state index contributed by atoms with van der Waals surface area (Å²) < 4.78 is 5.23. The first kappa shape index (κ1) is 13.9. The minimum Gasteiger partial charge on any atom is -0.478 e. The second-order valence-electron chi connectivity index (χ2n) is 4.09. The van der Waals surface area contributed by atoms with E-state index in [0.717, 1.165) is 5.69 Å². The normalized spacial score (nSPS) is 9.85. The molecular weight excluding hydrogens is 254 g/mol. The van der Waals surface area contributed by atoms with Crippen LogP contribution < -0.4 is 15.4 Å². The topological polar surface area (TPSA) is 63.2 Å². The molecule has 0 unspecified atom stereocenters. The first-order valence-corrected chi connectivity index (χ1v) is 6.45. The maximum Gasteiger partial charge on any atom is 0.243 e. The maximum absolute atomic E-state index is 11.8. The van der Waals surface area contributed by atoms with Gasteiger partial charge in [0, 0.05) is 11.8 Å². The van der Waals surface area contributed by atoms with Gasteiger partial charge in [-0.15, -0.1) is 0 Å². The highest BCUT2D eigenvalue weighted by Crippen LogP contribution is 2.11. The van der Waals surface area contributed by atoms with Gasteiger partial charge in [-0.05, 0) is 25.1 Å². The number of carbonyl (C=O) groups excluding carboxylic acids is 1. The molecule has 0 atom stereocenters. The first-order valence-electron chi connectivity index (χ1n) is 6.45. The SMILES string of the molecule is CCOc1ccc(NC(=O)CNc2ccccc2)cn1. The Bertz CT molecular complexity index is 541. The minimum atomic E-state index is -0.125. The van der Waals surface area contributed by atoms with Crippen molar-refractivity contribution in [3.63, 3.8) is 0 Å². The molecule has 5 heteroatoms. The molecule has 2 aromatic rings. The lowest BCUT2D eigenvalue weighted by Crippen LogP contribution is -2.21. The maximum atomic E-state index is 11.8. The Morgan fingerprint density at radius 2 is 1.95 bits per heavy atom. The van der Waals surface area contributed by atoms with Crippen LogP contribution in [0.25, 0.3) is 0 Å². The molecule has 0 spiro atoms. The fourth-order valence-corrected chi connectivity index (χ4v) is 1.63. The van der Waals surface area contributed by atoms with Crippen molar-refractivity contribution in [2.24, 2.45) is 0 Å². The summed E-state index contributed by atoms with van der Waals surface area (Å²) in [6, 6.07) is 13.1. The van der Waals surface area contributed by atoms with Gasteiger partial charge < -0.3 is 15.4 Å². The summed E-state index contributed by atoms with van der Waals surface area (Å²) in [5, 5.41) is 5.80. The Morgan fingerprint density at radius 1 is 1.15 bits per heavy atom. The van der Waals surface area contributed by atoms with Crippen LogP contribution >= 0.6 is 0 Å². The molecule has 104 valence electrons. The zero-order valence-corrected chi connectivity index (χ0v) is 11.3. The van der Waals surface area contributed by atoms with Gasteiger partial charge in [0.1, 0.15) is 0 Å². The molecule has 2 rings (SSSR count). The number of rotatable bonds is 6. The molecule has 5 nitrogen and oxygen atoms in total. The quantitative estimate of drug-likeness (QED) is 0.847. The molecule has 0 aliphatic heterocycles. The van der Waals surface area contributed by atoms with Crippen LogP contribution in [0.15, 0.2) is 48.7 Å². The molecule has 20 heavy (non-hydrogen) atoms. The van der Waals surface area contributed by atoms with E-state index in [0.29, 0.717) is 18.2 Å². The lowest BCUT2D eigenvalue weighted by atomic mass is 10.3. The van der Waals surface area contributed by atoms with Gasteiger partial charge in [-0.3, -0.25) is 4.79 Å². The summed E-state index contributed by atoms with van der Waals surface area (Å²) in [4.78, 5) is 15.8. The first-order chi connectivity index (χ1) is 9.78. The number of aromatic nitrogens is 1. The van der Waals surface area contributed by atoms with Crippen molar-refractivity contribution >= 4 is 17.3 Å². The molecule has 1 aromatic heterocycles. The highest BCUT2D eigenvalue weighted by Gasteiger charge is 2.03. The zero-order chi connectivity index (χ0) is 14.2. The van der Waals surface area contributed by atoms with Gasteiger partial charge in [0.15, 0.2) is 0 Å². The van der Waals surface area contributed by atoms with E-state index >= 15 is 0 Å². The van der Waals surface area contributed by atoms with E-state index in [-0.39, 0.29) is 12.5 Å². The Morgan fingerprint density at radius 3 is 2.60 bits per heavy atom. The van der Waals surface area contributed by atoms with Gasteiger partial charge in [0.25, 0.3) is 0 Å². The molecule has 0 fully saturated rings. The third-order valence-electron chi connectivity index (χ3n) is 2.54. The smallest absolute Gasteiger partial charge is 0.243 e. The summed E-state index contributed by atoms with van der Waals surface area (Å²) in [6.45, 7) is 2.67. The monoisotopic (exact) mass is 271 g/mol. The lowest BCUT2D eigenvalue weighted by Gasteiger charge is -2.08. The largest absolute Gasteiger partial charge is 0.478 e. The lowest BCUT2D eigenvalue weighted by molar-refractivity contribution is -0.114. The van der Waals surface area contributed by atoms with E-state index in [1.807, 2.05) is 37.3 Å². The molecule has 1 aromatic carbocycles. The van der Waals surface area contributed by atoms with Crippen LogP contribution in [-0.2, 0) is 4.79 Å². The average molecular weight is 271 g/mol. The van der Waals surface area contributed by atoms with E-state index in [4.69, 9.17) is 4.74 Å². The molecule has 0 aliphatic carbocycles. The summed E-state index contributed by atoms with van der Waals surface area (Å²) in [6.07, 6.45) is 1.57. The van der Waals surface area contributed by atoms with Gasteiger partial charge in [0.05, 0.1) is 25.0 Å². The van der Waals surface area contributed by atoms with Crippen molar-refractivity contribution in [1.82, 2.24) is 4.98 Å². The van der Waals surface area contributed by atoms with Gasteiger partial charge in [-0.2, -0.15) is 0 Å². The number of hydrogen-bond acceptors (Lipinski definition) is 4. The Balaban J connectivity index is 1.82. The number of ether oxygens (including phenoxy) is 1. The Labute approximate surface area is 118 Å². The molecule has 1 amide bonds. The standard InChI is InChI=1S/C15H17N3O2/c1-2-20-15-9-8-13(10-17-15)18-14(19)11-16-12-6-4-3-5-7-12/h3-10,16H,2,11H2,1H3,(H,18,19). The third kappa shape index (κ3) is 4.28. The van der Waals surface area contributed by atoms with E-state index in [9.17, 15) is 4.79 Å². The van der Waals surface area contributed by atoms with Gasteiger partial charge in [0.2, 0.25) is 11.8 Å². The second-order valence-corrected chi connectivity index (χ2v) is 4.09. The van der Waals surface area contributed by atoms with E-state index in [1.165, 1.54) is 0 Å². The molecule has 0 radical (unpaired) electrons. The summed E-state index contributed by atoms with van der Waals surface area (Å²) >= 11 is 0. The van der Waals surface area contributed by atoms with Crippen molar-refractivity contribution in [3.8, 4) is 5.88 Å². The number of amides is 1. The number of pyridine rings is 1. The van der Waals surface area contributed by atoms with Crippen LogP contribution in [0.5, 0.6) is 5.88 Å². The van der Waals surface area contributed by atoms with Crippen LogP contribution in [0.3, 0.4) is 0 Å². The molecule has 2 N–H and O–H groups in total. The van der Waals surface area contributed by atoms with Gasteiger partial charge in [-0.25, -0.2) is 4.98 Å². The predicted molar refractivity (Wildman–Crippen MR) is 79.0 cm³/mol. The van der Waals surface area contributed by atoms with Crippen LogP contribution in [0.4, 0.5) is 11.4 Å². The minimum absolute atomic E-state index is 0.125. The van der Waals surface area contributed by atoms with Gasteiger partial charge >= 0.3 is 0 Å². The van der Waals surface area contributed by atoms with E-state index in [1.54, 1.807) is 18.3 Å². The fourth-order valence-electron chi connectivity index (χ4n) is 1.63. The molecule has 0 saturated carbocycles. The highest BCUT2D eigenvalue weighted by atomic mass is 16.5. The van der Waals surface area contributed by atoms with E-state index in [2.05, 4.69) is 15.6 Å². The second kappa shape index (κ2) is 7.13. The van der Waals surface area contributed by atoms with Crippen LogP contribution in [-0.4, -0.2) is 24.0 Å². The number of benzene rings is 1. The average Bonchev–Trinajstić information content (AvgIpc) is 2.49. The van der Waals surface area contributed by atoms with Crippen molar-refractivity contribution in [3.05, 3.63) is 48.7 Å². The predicted octanol–water partition coefficient (Wildman–Crippen LogP) is 2.53. The summed E-state index contributed by atoms with van der Waals surface area (Å²) in [5.74, 6) is 0.424. The number of para-hydroxylation sites is 1. The number of nitrogens with zero attached hydrogens (tertiary/aromatic N) is 1. The molecule has 0 aliphatic rings. The van der Waals surface area contributed by atoms with Crippen LogP contribution in [0.1, 0.15) is 6.92 Å². The summed E-state index contributed by atoms with van der Waals surface area (Å²) in [5.41, 5.74) is 1.56. The highest BCUT2D eigenvalue weighted by molar-refractivity contribution is 5.93. The molecule has 1 heterocycles. The van der Waals surface area contributed by atoms with Crippen molar-refractivity contribution < 1.29 is 9.53 Å². The number of anilines is 2. The van der Waals surface area contributed by atoms with Crippen molar-refractivity contribution in [2.45, 2.75) is 6.92 Å². The zero-order valence-electron chi connectivity index (χ0n) is 11.3. The summed E-state index contributed by atoms with van der Waals surface area (Å²) in [7, 11) is 0. The number of hydrogen-bond donors (Lipinski definition) is 2. The third-order valence-corrected chi connectivity index (χ3v) is 2.54. The Kier molecular flexibility index (Phi) is 4.94. The van der Waals surface area contributed by atoms with Crippen molar-refractivity contribution in [2.75, 3.05) is 23.8 Å².